The van der Waals surface area contributed by atoms with Gasteiger partial charge in [0.2, 0.25) is 0 Å². The summed E-state index contributed by atoms with van der Waals surface area (Å²) in [7, 11) is 0. The Labute approximate surface area is 121 Å². The number of aliphatic hydroxyl groups is 1. The van der Waals surface area contributed by atoms with Crippen LogP contribution in [0.1, 0.15) is 20.3 Å². The summed E-state index contributed by atoms with van der Waals surface area (Å²) >= 11 is 0. The van der Waals surface area contributed by atoms with Gasteiger partial charge < -0.3 is 15.7 Å². The molecule has 0 radical (unpaired) electrons. The fourth-order valence-corrected chi connectivity index (χ4v) is 1.72. The Morgan fingerprint density at radius 2 is 1.90 bits per heavy atom. The molecule has 1 atom stereocenters. The number of carbonyl (C=O) groups excluding carboxylic acids is 2. The number of benzene rings is 1. The van der Waals surface area contributed by atoms with E-state index >= 15 is 0 Å². The molecule has 0 aromatic heterocycles. The lowest BCUT2D eigenvalue weighted by Crippen LogP contribution is -2.44. The molecule has 0 heterocycles. The Morgan fingerprint density at radius 3 is 2.48 bits per heavy atom. The largest absolute Gasteiger partial charge is 0.396 e. The van der Waals surface area contributed by atoms with Crippen molar-refractivity contribution in [3.63, 3.8) is 0 Å². The predicted molar refractivity (Wildman–Crippen MR) is 73.5 cm³/mol. The van der Waals surface area contributed by atoms with Crippen molar-refractivity contribution in [1.29, 1.82) is 0 Å². The molecule has 116 valence electrons. The molecule has 21 heavy (non-hydrogen) atoms. The number of carbonyl (C=O) groups is 2. The lowest BCUT2D eigenvalue weighted by molar-refractivity contribution is -0.136. The summed E-state index contributed by atoms with van der Waals surface area (Å²) in [5, 5.41) is 13.3. The summed E-state index contributed by atoms with van der Waals surface area (Å²) < 4.78 is 26.4. The highest BCUT2D eigenvalue weighted by molar-refractivity contribution is 6.39. The van der Waals surface area contributed by atoms with Crippen molar-refractivity contribution < 1.29 is 23.5 Å². The van der Waals surface area contributed by atoms with Crippen molar-refractivity contribution in [3.05, 3.63) is 29.8 Å². The van der Waals surface area contributed by atoms with Gasteiger partial charge in [-0.05, 0) is 24.5 Å². The zero-order chi connectivity index (χ0) is 16.0. The van der Waals surface area contributed by atoms with Crippen LogP contribution in [0.5, 0.6) is 0 Å². The minimum absolute atomic E-state index is 0.0137. The van der Waals surface area contributed by atoms with Gasteiger partial charge in [0, 0.05) is 12.6 Å². The van der Waals surface area contributed by atoms with Crippen LogP contribution in [-0.2, 0) is 9.59 Å². The van der Waals surface area contributed by atoms with Gasteiger partial charge in [-0.15, -0.1) is 0 Å². The summed E-state index contributed by atoms with van der Waals surface area (Å²) in [6, 6.07) is 2.89. The zero-order valence-corrected chi connectivity index (χ0v) is 11.8. The number of aliphatic hydroxyl groups excluding tert-OH is 1. The van der Waals surface area contributed by atoms with Crippen LogP contribution in [0.4, 0.5) is 14.5 Å². The van der Waals surface area contributed by atoms with Gasteiger partial charge in [0.25, 0.3) is 0 Å². The van der Waals surface area contributed by atoms with E-state index in [9.17, 15) is 18.4 Å². The number of hydrogen-bond donors (Lipinski definition) is 3. The monoisotopic (exact) mass is 300 g/mol. The van der Waals surface area contributed by atoms with Crippen LogP contribution in [-0.4, -0.2) is 29.6 Å². The maximum absolute atomic E-state index is 13.4. The first-order valence-electron chi connectivity index (χ1n) is 6.53. The predicted octanol–water partition coefficient (Wildman–Crippen LogP) is 1.43. The molecule has 0 aliphatic rings. The van der Waals surface area contributed by atoms with Gasteiger partial charge in [0.05, 0.1) is 5.69 Å². The Hall–Kier alpha value is -2.02. The molecule has 0 bridgehead atoms. The first kappa shape index (κ1) is 17.0. The quantitative estimate of drug-likeness (QED) is 0.720. The van der Waals surface area contributed by atoms with E-state index in [2.05, 4.69) is 5.32 Å². The average molecular weight is 300 g/mol. The van der Waals surface area contributed by atoms with Gasteiger partial charge in [0.15, 0.2) is 11.6 Å². The van der Waals surface area contributed by atoms with Crippen molar-refractivity contribution in [3.8, 4) is 0 Å². The minimum Gasteiger partial charge on any atom is -0.396 e. The van der Waals surface area contributed by atoms with Gasteiger partial charge in [-0.1, -0.05) is 19.9 Å². The standard InChI is InChI=1S/C14H18F2N2O3/c1-8(2)10(6-7-19)17-13(20)14(21)18-11-5-3-4-9(15)12(11)16/h3-5,8,10,19H,6-7H2,1-2H3,(H,17,20)(H,18,21). The molecule has 0 saturated carbocycles. The van der Waals surface area contributed by atoms with E-state index in [-0.39, 0.29) is 18.6 Å². The molecule has 1 unspecified atom stereocenters. The summed E-state index contributed by atoms with van der Waals surface area (Å²) in [6.07, 6.45) is 0.297. The Balaban J connectivity index is 2.70. The summed E-state index contributed by atoms with van der Waals surface area (Å²) in [6.45, 7) is 3.51. The summed E-state index contributed by atoms with van der Waals surface area (Å²) in [5.74, 6) is -4.39. The second-order valence-corrected chi connectivity index (χ2v) is 4.89. The first-order valence-corrected chi connectivity index (χ1v) is 6.53. The molecule has 0 saturated heterocycles. The molecule has 0 aliphatic carbocycles. The molecule has 0 fully saturated rings. The SMILES string of the molecule is CC(C)C(CCO)NC(=O)C(=O)Nc1cccc(F)c1F. The third kappa shape index (κ3) is 4.78. The van der Waals surface area contributed by atoms with Crippen LogP contribution in [0.15, 0.2) is 18.2 Å². The molecule has 0 spiro atoms. The van der Waals surface area contributed by atoms with Gasteiger partial charge in [-0.2, -0.15) is 0 Å². The Kier molecular flexibility index (Phi) is 6.23. The fourth-order valence-electron chi connectivity index (χ4n) is 1.72. The zero-order valence-electron chi connectivity index (χ0n) is 11.8. The smallest absolute Gasteiger partial charge is 0.313 e. The second-order valence-electron chi connectivity index (χ2n) is 4.89. The van der Waals surface area contributed by atoms with Crippen molar-refractivity contribution in [2.75, 3.05) is 11.9 Å². The maximum Gasteiger partial charge on any atom is 0.313 e. The van der Waals surface area contributed by atoms with Crippen molar-refractivity contribution in [1.82, 2.24) is 5.32 Å². The Morgan fingerprint density at radius 1 is 1.24 bits per heavy atom. The molecule has 2 amide bonds. The van der Waals surface area contributed by atoms with Crippen LogP contribution in [0, 0.1) is 17.6 Å². The Bertz CT molecular complexity index is 521. The molecule has 5 nitrogen and oxygen atoms in total. The number of nitrogens with one attached hydrogen (secondary N) is 2. The van der Waals surface area contributed by atoms with Gasteiger partial charge in [-0.3, -0.25) is 9.59 Å². The molecular weight excluding hydrogens is 282 g/mol. The summed E-state index contributed by atoms with van der Waals surface area (Å²) in [5.41, 5.74) is -0.404. The number of amides is 2. The van der Waals surface area contributed by atoms with E-state index in [1.54, 1.807) is 0 Å². The average Bonchev–Trinajstić information content (AvgIpc) is 2.43. The number of rotatable bonds is 5. The van der Waals surface area contributed by atoms with Crippen molar-refractivity contribution in [2.24, 2.45) is 5.92 Å². The fraction of sp³-hybridized carbons (Fsp3) is 0.429. The van der Waals surface area contributed by atoms with Crippen molar-refractivity contribution >= 4 is 17.5 Å². The first-order chi connectivity index (χ1) is 9.86. The normalized spacial score (nSPS) is 12.1. The highest BCUT2D eigenvalue weighted by Gasteiger charge is 2.22. The third-order valence-electron chi connectivity index (χ3n) is 2.97. The molecule has 1 aromatic carbocycles. The molecule has 3 N–H and O–H groups in total. The van der Waals surface area contributed by atoms with E-state index in [1.807, 2.05) is 19.2 Å². The van der Waals surface area contributed by atoms with Crippen LogP contribution in [0.25, 0.3) is 0 Å². The minimum atomic E-state index is -1.23. The summed E-state index contributed by atoms with van der Waals surface area (Å²) in [4.78, 5) is 23.4. The van der Waals surface area contributed by atoms with E-state index in [0.717, 1.165) is 12.1 Å². The lowest BCUT2D eigenvalue weighted by Gasteiger charge is -2.21. The van der Waals surface area contributed by atoms with Crippen LogP contribution in [0.3, 0.4) is 0 Å². The molecular formula is C14H18F2N2O3. The number of halogens is 2. The third-order valence-corrected chi connectivity index (χ3v) is 2.97. The van der Waals surface area contributed by atoms with E-state index in [1.165, 1.54) is 6.07 Å². The van der Waals surface area contributed by atoms with E-state index in [0.29, 0.717) is 6.42 Å². The number of hydrogen-bond acceptors (Lipinski definition) is 3. The van der Waals surface area contributed by atoms with Crippen LogP contribution in [0.2, 0.25) is 0 Å². The van der Waals surface area contributed by atoms with Crippen molar-refractivity contribution in [2.45, 2.75) is 26.3 Å². The van der Waals surface area contributed by atoms with E-state index < -0.39 is 29.1 Å². The number of anilines is 1. The lowest BCUT2D eigenvalue weighted by atomic mass is 10.0. The topological polar surface area (TPSA) is 78.4 Å². The van der Waals surface area contributed by atoms with Gasteiger partial charge in [-0.25, -0.2) is 8.78 Å². The maximum atomic E-state index is 13.4. The van der Waals surface area contributed by atoms with E-state index in [4.69, 9.17) is 5.11 Å². The van der Waals surface area contributed by atoms with Gasteiger partial charge in [0.1, 0.15) is 0 Å². The molecule has 7 heteroatoms. The van der Waals surface area contributed by atoms with Crippen LogP contribution < -0.4 is 10.6 Å². The van der Waals surface area contributed by atoms with Crippen LogP contribution >= 0.6 is 0 Å². The highest BCUT2D eigenvalue weighted by atomic mass is 19.2. The molecule has 1 aromatic rings. The molecule has 1 rings (SSSR count). The highest BCUT2D eigenvalue weighted by Crippen LogP contribution is 2.16. The molecule has 0 aliphatic heterocycles. The second kappa shape index (κ2) is 7.68. The van der Waals surface area contributed by atoms with Gasteiger partial charge >= 0.3 is 11.8 Å².